The summed E-state index contributed by atoms with van der Waals surface area (Å²) >= 11 is 0. The lowest BCUT2D eigenvalue weighted by molar-refractivity contribution is 0.855. The smallest absolute Gasteiger partial charge is 0.102 e. The molecule has 0 aliphatic heterocycles. The second-order valence-corrected chi connectivity index (χ2v) is 6.08. The number of hydrogen-bond acceptors (Lipinski definition) is 3. The van der Waals surface area contributed by atoms with Crippen LogP contribution < -0.4 is 0 Å². The van der Waals surface area contributed by atoms with E-state index in [0.717, 1.165) is 16.7 Å². The monoisotopic (exact) mass is 323 g/mol. The summed E-state index contributed by atoms with van der Waals surface area (Å²) < 4.78 is 0. The van der Waals surface area contributed by atoms with Crippen LogP contribution >= 0.6 is 0 Å². The molecule has 3 heteroatoms. The molecule has 0 saturated heterocycles. The van der Waals surface area contributed by atoms with Gasteiger partial charge in [0.05, 0.1) is 22.5 Å². The highest BCUT2D eigenvalue weighted by atomic mass is 14.7. The van der Waals surface area contributed by atoms with Crippen LogP contribution in [0.5, 0.6) is 0 Å². The fourth-order valence-corrected chi connectivity index (χ4v) is 3.02. The van der Waals surface area contributed by atoms with Gasteiger partial charge in [-0.1, -0.05) is 74.5 Å². The van der Waals surface area contributed by atoms with Crippen LogP contribution in [-0.4, -0.2) is 4.98 Å². The molecule has 0 spiro atoms. The van der Waals surface area contributed by atoms with Crippen molar-refractivity contribution in [2.45, 2.75) is 19.8 Å². The molecule has 0 aliphatic carbocycles. The van der Waals surface area contributed by atoms with Gasteiger partial charge < -0.3 is 0 Å². The van der Waals surface area contributed by atoms with Crippen molar-refractivity contribution in [1.29, 1.82) is 10.5 Å². The highest BCUT2D eigenvalue weighted by Gasteiger charge is 2.23. The molecule has 0 bridgehead atoms. The maximum Gasteiger partial charge on any atom is 0.102 e. The Bertz CT molecular complexity index is 900. The first-order chi connectivity index (χ1) is 12.2. The second kappa shape index (κ2) is 6.99. The Balaban J connectivity index is 2.43. The van der Waals surface area contributed by atoms with Crippen LogP contribution in [0.3, 0.4) is 0 Å². The summed E-state index contributed by atoms with van der Waals surface area (Å²) in [5.74, 6) is 0.0391. The van der Waals surface area contributed by atoms with Crippen molar-refractivity contribution < 1.29 is 0 Å². The minimum Gasteiger partial charge on any atom is -0.245 e. The Hall–Kier alpha value is -3.43. The molecule has 3 aromatic rings. The van der Waals surface area contributed by atoms with Crippen LogP contribution in [0.2, 0.25) is 0 Å². The standard InChI is InChI=1S/C22H17N3/c1-15(2)20-18(13-23)21(16-9-5-3-6-10-16)25-22(19(20)14-24)17-11-7-4-8-12-17/h3-12,15H,1-2H3. The lowest BCUT2D eigenvalue weighted by Gasteiger charge is -2.17. The number of rotatable bonds is 3. The molecule has 0 atom stereocenters. The zero-order chi connectivity index (χ0) is 17.8. The molecule has 0 aliphatic rings. The normalized spacial score (nSPS) is 10.3. The molecule has 0 unspecified atom stereocenters. The number of pyridine rings is 1. The van der Waals surface area contributed by atoms with E-state index in [1.54, 1.807) is 0 Å². The van der Waals surface area contributed by atoms with Gasteiger partial charge in [-0.05, 0) is 11.5 Å². The molecule has 0 radical (unpaired) electrons. The highest BCUT2D eigenvalue weighted by molar-refractivity contribution is 5.78. The van der Waals surface area contributed by atoms with E-state index in [9.17, 15) is 10.5 Å². The fraction of sp³-hybridized carbons (Fsp3) is 0.136. The average Bonchev–Trinajstić information content (AvgIpc) is 2.67. The van der Waals surface area contributed by atoms with Crippen molar-refractivity contribution in [3.8, 4) is 34.7 Å². The molecule has 25 heavy (non-hydrogen) atoms. The Morgan fingerprint density at radius 3 is 1.44 bits per heavy atom. The van der Waals surface area contributed by atoms with E-state index in [1.165, 1.54) is 0 Å². The third-order valence-electron chi connectivity index (χ3n) is 4.13. The average molecular weight is 323 g/mol. The molecular weight excluding hydrogens is 306 g/mol. The molecule has 0 N–H and O–H groups in total. The van der Waals surface area contributed by atoms with Crippen LogP contribution in [0.4, 0.5) is 0 Å². The molecule has 0 amide bonds. The van der Waals surface area contributed by atoms with Crippen LogP contribution in [0.25, 0.3) is 22.5 Å². The van der Waals surface area contributed by atoms with Crippen molar-refractivity contribution in [2.24, 2.45) is 0 Å². The largest absolute Gasteiger partial charge is 0.245 e. The van der Waals surface area contributed by atoms with Crippen molar-refractivity contribution >= 4 is 0 Å². The Morgan fingerprint density at radius 2 is 1.12 bits per heavy atom. The maximum atomic E-state index is 9.79. The summed E-state index contributed by atoms with van der Waals surface area (Å²) in [7, 11) is 0. The third kappa shape index (κ3) is 3.01. The second-order valence-electron chi connectivity index (χ2n) is 6.08. The summed E-state index contributed by atoms with van der Waals surface area (Å²) in [6, 6.07) is 23.9. The van der Waals surface area contributed by atoms with E-state index in [-0.39, 0.29) is 5.92 Å². The predicted molar refractivity (Wildman–Crippen MR) is 98.6 cm³/mol. The number of nitrogens with zero attached hydrogens (tertiary/aromatic N) is 3. The minimum atomic E-state index is 0.0391. The molecular formula is C22H17N3. The van der Waals surface area contributed by atoms with Gasteiger partial charge in [0, 0.05) is 11.1 Å². The summed E-state index contributed by atoms with van der Waals surface area (Å²) in [6.45, 7) is 4.00. The van der Waals surface area contributed by atoms with Crippen molar-refractivity contribution in [3.05, 3.63) is 77.4 Å². The Labute approximate surface area is 147 Å². The summed E-state index contributed by atoms with van der Waals surface area (Å²) in [6.07, 6.45) is 0. The highest BCUT2D eigenvalue weighted by Crippen LogP contribution is 2.36. The zero-order valence-corrected chi connectivity index (χ0v) is 14.2. The number of hydrogen-bond donors (Lipinski definition) is 0. The first-order valence-electron chi connectivity index (χ1n) is 8.16. The van der Waals surface area contributed by atoms with Gasteiger partial charge in [0.15, 0.2) is 0 Å². The van der Waals surface area contributed by atoms with Crippen molar-refractivity contribution in [2.75, 3.05) is 0 Å². The molecule has 1 heterocycles. The molecule has 0 saturated carbocycles. The van der Waals surface area contributed by atoms with Crippen LogP contribution in [0, 0.1) is 22.7 Å². The SMILES string of the molecule is CC(C)c1c(C#N)c(-c2ccccc2)nc(-c2ccccc2)c1C#N. The van der Waals surface area contributed by atoms with Gasteiger partial charge in [0.2, 0.25) is 0 Å². The third-order valence-corrected chi connectivity index (χ3v) is 4.13. The van der Waals surface area contributed by atoms with Crippen molar-refractivity contribution in [3.63, 3.8) is 0 Å². The Morgan fingerprint density at radius 1 is 0.720 bits per heavy atom. The maximum absolute atomic E-state index is 9.79. The van der Waals surface area contributed by atoms with Crippen LogP contribution in [-0.2, 0) is 0 Å². The van der Waals surface area contributed by atoms with E-state index >= 15 is 0 Å². The molecule has 0 fully saturated rings. The molecule has 3 nitrogen and oxygen atoms in total. The van der Waals surface area contributed by atoms with Gasteiger partial charge in [0.25, 0.3) is 0 Å². The number of benzene rings is 2. The summed E-state index contributed by atoms with van der Waals surface area (Å²) in [5.41, 5.74) is 4.74. The number of nitriles is 2. The van der Waals surface area contributed by atoms with Gasteiger partial charge in [-0.2, -0.15) is 10.5 Å². The van der Waals surface area contributed by atoms with Gasteiger partial charge in [-0.3, -0.25) is 0 Å². The van der Waals surface area contributed by atoms with Crippen molar-refractivity contribution in [1.82, 2.24) is 4.98 Å². The topological polar surface area (TPSA) is 60.5 Å². The lowest BCUT2D eigenvalue weighted by atomic mass is 9.88. The predicted octanol–water partition coefficient (Wildman–Crippen LogP) is 5.28. The van der Waals surface area contributed by atoms with Crippen LogP contribution in [0.1, 0.15) is 36.5 Å². The fourth-order valence-electron chi connectivity index (χ4n) is 3.02. The van der Waals surface area contributed by atoms with Gasteiger partial charge in [-0.25, -0.2) is 4.98 Å². The summed E-state index contributed by atoms with van der Waals surface area (Å²) in [5, 5.41) is 19.6. The van der Waals surface area contributed by atoms with Gasteiger partial charge >= 0.3 is 0 Å². The van der Waals surface area contributed by atoms with Gasteiger partial charge in [0.1, 0.15) is 12.1 Å². The quantitative estimate of drug-likeness (QED) is 0.658. The summed E-state index contributed by atoms with van der Waals surface area (Å²) in [4.78, 5) is 4.75. The van der Waals surface area contributed by atoms with E-state index in [0.29, 0.717) is 22.5 Å². The van der Waals surface area contributed by atoms with E-state index in [2.05, 4.69) is 12.1 Å². The molecule has 120 valence electrons. The molecule has 1 aromatic heterocycles. The van der Waals surface area contributed by atoms with E-state index < -0.39 is 0 Å². The van der Waals surface area contributed by atoms with E-state index in [1.807, 2.05) is 74.5 Å². The Kier molecular flexibility index (Phi) is 4.59. The first-order valence-corrected chi connectivity index (χ1v) is 8.16. The minimum absolute atomic E-state index is 0.0391. The number of aromatic nitrogens is 1. The molecule has 2 aromatic carbocycles. The molecule has 3 rings (SSSR count). The first kappa shape index (κ1) is 16.4. The zero-order valence-electron chi connectivity index (χ0n) is 14.2. The van der Waals surface area contributed by atoms with E-state index in [4.69, 9.17) is 4.98 Å². The lowest BCUT2D eigenvalue weighted by Crippen LogP contribution is -2.06. The van der Waals surface area contributed by atoms with Crippen LogP contribution in [0.15, 0.2) is 60.7 Å². The van der Waals surface area contributed by atoms with Gasteiger partial charge in [-0.15, -0.1) is 0 Å².